The van der Waals surface area contributed by atoms with E-state index in [1.165, 1.54) is 23.9 Å². The molecule has 0 fully saturated rings. The van der Waals surface area contributed by atoms with Gasteiger partial charge in [0.05, 0.1) is 0 Å². The Balaban J connectivity index is 1.62. The molecule has 0 bridgehead atoms. The maximum atomic E-state index is 12.4. The van der Waals surface area contributed by atoms with Gasteiger partial charge < -0.3 is 20.5 Å². The first-order valence-corrected chi connectivity index (χ1v) is 11.7. The van der Waals surface area contributed by atoms with E-state index in [9.17, 15) is 27.9 Å². The van der Waals surface area contributed by atoms with E-state index < -0.39 is 23.1 Å². The van der Waals surface area contributed by atoms with Crippen LogP contribution in [0.4, 0.5) is 23.7 Å². The van der Waals surface area contributed by atoms with Gasteiger partial charge in [-0.1, -0.05) is 13.0 Å². The molecule has 184 valence electrons. The number of halogens is 3. The van der Waals surface area contributed by atoms with Crippen molar-refractivity contribution in [1.29, 1.82) is 0 Å². The van der Waals surface area contributed by atoms with Crippen molar-refractivity contribution < 1.29 is 32.6 Å². The molecule has 10 heteroatoms. The summed E-state index contributed by atoms with van der Waals surface area (Å²) in [6.07, 6.45) is -1.90. The summed E-state index contributed by atoms with van der Waals surface area (Å²) < 4.78 is 39.7. The first-order chi connectivity index (χ1) is 15.9. The average Bonchev–Trinajstić information content (AvgIpc) is 2.73. The van der Waals surface area contributed by atoms with Gasteiger partial charge in [-0.15, -0.1) is 24.9 Å². The summed E-state index contributed by atoms with van der Waals surface area (Å²) >= 11 is 1.34. The number of fused-ring (bicyclic) bond motifs is 1. The van der Waals surface area contributed by atoms with Crippen molar-refractivity contribution in [2.45, 2.75) is 68.5 Å². The number of urea groups is 1. The number of hydrogen-bond donors (Lipinski definition) is 3. The first-order valence-electron chi connectivity index (χ1n) is 10.9. The van der Waals surface area contributed by atoms with Crippen LogP contribution in [-0.4, -0.2) is 34.3 Å². The average molecular weight is 497 g/mol. The summed E-state index contributed by atoms with van der Waals surface area (Å²) in [7, 11) is 0. The largest absolute Gasteiger partial charge is 0.573 e. The molecule has 1 unspecified atom stereocenters. The van der Waals surface area contributed by atoms with E-state index in [4.69, 9.17) is 0 Å². The van der Waals surface area contributed by atoms with E-state index in [1.807, 2.05) is 6.92 Å². The van der Waals surface area contributed by atoms with E-state index in [0.29, 0.717) is 12.1 Å². The lowest BCUT2D eigenvalue weighted by Gasteiger charge is -2.28. The van der Waals surface area contributed by atoms with Crippen LogP contribution in [0, 0.1) is 0 Å². The first kappa shape index (κ1) is 25.7. The van der Waals surface area contributed by atoms with Crippen LogP contribution in [0.15, 0.2) is 41.3 Å². The fourth-order valence-electron chi connectivity index (χ4n) is 3.74. The van der Waals surface area contributed by atoms with Gasteiger partial charge >= 0.3 is 18.4 Å². The lowest BCUT2D eigenvalue weighted by molar-refractivity contribution is -0.274. The van der Waals surface area contributed by atoms with Gasteiger partial charge in [0, 0.05) is 16.6 Å². The summed E-state index contributed by atoms with van der Waals surface area (Å²) in [5.74, 6) is -1.23. The molecule has 0 saturated heterocycles. The standard InChI is InChI=1S/C24H27F3N2O4S/c1-4-14-11-16-12-18(6-5-15(16)13-20(14)34-23(2,3)21(30)31)29-22(32)28-17-7-9-19(10-8-17)33-24(25,26)27/h7-11,13,18H,4-6,12H2,1-3H3,(H,30,31)(H2,28,29,32). The van der Waals surface area contributed by atoms with Crippen LogP contribution < -0.4 is 15.4 Å². The molecule has 2 aromatic rings. The number of nitrogens with one attached hydrogen (secondary N) is 2. The van der Waals surface area contributed by atoms with Crippen molar-refractivity contribution in [2.75, 3.05) is 5.32 Å². The van der Waals surface area contributed by atoms with Crippen molar-refractivity contribution in [3.63, 3.8) is 0 Å². The van der Waals surface area contributed by atoms with E-state index in [-0.39, 0.29) is 11.8 Å². The van der Waals surface area contributed by atoms with Gasteiger partial charge in [-0.3, -0.25) is 4.79 Å². The van der Waals surface area contributed by atoms with Gasteiger partial charge in [0.25, 0.3) is 0 Å². The van der Waals surface area contributed by atoms with Crippen molar-refractivity contribution in [3.8, 4) is 5.75 Å². The van der Waals surface area contributed by atoms with Crippen molar-refractivity contribution >= 4 is 29.4 Å². The van der Waals surface area contributed by atoms with Crippen LogP contribution >= 0.6 is 11.8 Å². The quantitative estimate of drug-likeness (QED) is 0.423. The normalized spacial score (nSPS) is 15.9. The number of carboxylic acids is 1. The Morgan fingerprint density at radius 2 is 1.82 bits per heavy atom. The van der Waals surface area contributed by atoms with E-state index in [2.05, 4.69) is 27.5 Å². The Labute approximate surface area is 200 Å². The van der Waals surface area contributed by atoms with Crippen LogP contribution in [0.5, 0.6) is 5.75 Å². The highest BCUT2D eigenvalue weighted by Crippen LogP contribution is 2.38. The Morgan fingerprint density at radius 1 is 1.15 bits per heavy atom. The fourth-order valence-corrected chi connectivity index (χ4v) is 4.92. The van der Waals surface area contributed by atoms with Gasteiger partial charge in [-0.25, -0.2) is 4.79 Å². The number of ether oxygens (including phenoxy) is 1. The van der Waals surface area contributed by atoms with Gasteiger partial charge in [-0.05, 0) is 86.6 Å². The molecular weight excluding hydrogens is 469 g/mol. The number of hydrogen-bond acceptors (Lipinski definition) is 4. The molecule has 1 aliphatic carbocycles. The van der Waals surface area contributed by atoms with Crippen LogP contribution in [-0.2, 0) is 24.1 Å². The second-order valence-corrected chi connectivity index (χ2v) is 10.3. The molecule has 0 radical (unpaired) electrons. The summed E-state index contributed by atoms with van der Waals surface area (Å²) in [5.41, 5.74) is 3.70. The van der Waals surface area contributed by atoms with Gasteiger partial charge in [0.15, 0.2) is 0 Å². The number of carbonyl (C=O) groups excluding carboxylic acids is 1. The van der Waals surface area contributed by atoms with E-state index in [0.717, 1.165) is 53.0 Å². The molecule has 1 atom stereocenters. The minimum absolute atomic E-state index is 0.0981. The zero-order chi connectivity index (χ0) is 25.1. The SMILES string of the molecule is CCc1cc2c(cc1SC(C)(C)C(=O)O)CCC(NC(=O)Nc1ccc(OC(F)(F)F)cc1)C2. The molecule has 0 aliphatic heterocycles. The number of alkyl halides is 3. The van der Waals surface area contributed by atoms with Crippen molar-refractivity contribution in [1.82, 2.24) is 5.32 Å². The maximum absolute atomic E-state index is 12.4. The zero-order valence-corrected chi connectivity index (χ0v) is 19.9. The van der Waals surface area contributed by atoms with Crippen LogP contribution in [0.3, 0.4) is 0 Å². The number of anilines is 1. The molecule has 34 heavy (non-hydrogen) atoms. The van der Waals surface area contributed by atoms with Crippen LogP contribution in [0.1, 0.15) is 43.9 Å². The Kier molecular flexibility index (Phi) is 7.70. The predicted molar refractivity (Wildman–Crippen MR) is 124 cm³/mol. The number of carboxylic acid groups (broad SMARTS) is 1. The number of aryl methyl sites for hydroxylation is 2. The highest BCUT2D eigenvalue weighted by Gasteiger charge is 2.31. The molecule has 2 aromatic carbocycles. The Bertz CT molecular complexity index is 1060. The Morgan fingerprint density at radius 3 is 2.41 bits per heavy atom. The highest BCUT2D eigenvalue weighted by atomic mass is 32.2. The van der Waals surface area contributed by atoms with Crippen molar-refractivity contribution in [2.24, 2.45) is 0 Å². The number of rotatable bonds is 7. The summed E-state index contributed by atoms with van der Waals surface area (Å²) in [5, 5.41) is 15.0. The second kappa shape index (κ2) is 10.2. The molecule has 0 spiro atoms. The third kappa shape index (κ3) is 6.82. The summed E-state index contributed by atoms with van der Waals surface area (Å²) in [6.45, 7) is 5.40. The minimum Gasteiger partial charge on any atom is -0.480 e. The zero-order valence-electron chi connectivity index (χ0n) is 19.1. The van der Waals surface area contributed by atoms with Crippen molar-refractivity contribution in [3.05, 3.63) is 53.1 Å². The lowest BCUT2D eigenvalue weighted by atomic mass is 9.87. The predicted octanol–water partition coefficient (Wildman–Crippen LogP) is 5.78. The number of benzene rings is 2. The Hall–Kier alpha value is -2.88. The van der Waals surface area contributed by atoms with E-state index >= 15 is 0 Å². The monoisotopic (exact) mass is 496 g/mol. The topological polar surface area (TPSA) is 87.7 Å². The van der Waals surface area contributed by atoms with Gasteiger partial charge in [-0.2, -0.15) is 0 Å². The maximum Gasteiger partial charge on any atom is 0.573 e. The summed E-state index contributed by atoms with van der Waals surface area (Å²) in [4.78, 5) is 24.9. The highest BCUT2D eigenvalue weighted by molar-refractivity contribution is 8.01. The molecule has 0 saturated carbocycles. The number of thioether (sulfide) groups is 1. The molecule has 1 aliphatic rings. The molecule has 3 N–H and O–H groups in total. The van der Waals surface area contributed by atoms with Crippen LogP contribution in [0.25, 0.3) is 0 Å². The molecule has 0 heterocycles. The van der Waals surface area contributed by atoms with Gasteiger partial charge in [0.1, 0.15) is 10.5 Å². The van der Waals surface area contributed by atoms with Crippen LogP contribution in [0.2, 0.25) is 0 Å². The molecule has 3 rings (SSSR count). The number of carbonyl (C=O) groups is 2. The van der Waals surface area contributed by atoms with Gasteiger partial charge in [0.2, 0.25) is 0 Å². The molecule has 2 amide bonds. The van der Waals surface area contributed by atoms with E-state index in [1.54, 1.807) is 13.8 Å². The lowest BCUT2D eigenvalue weighted by Crippen LogP contribution is -2.41. The number of aliphatic carboxylic acids is 1. The summed E-state index contributed by atoms with van der Waals surface area (Å²) in [6, 6.07) is 8.57. The third-order valence-electron chi connectivity index (χ3n) is 5.55. The fraction of sp³-hybridized carbons (Fsp3) is 0.417. The molecule has 6 nitrogen and oxygen atoms in total. The minimum atomic E-state index is -4.77. The third-order valence-corrected chi connectivity index (χ3v) is 6.84. The molecular formula is C24H27F3N2O4S. The smallest absolute Gasteiger partial charge is 0.480 e. The molecule has 0 aromatic heterocycles. The number of amides is 2. The second-order valence-electron chi connectivity index (χ2n) is 8.61.